The van der Waals surface area contributed by atoms with Crippen LogP contribution in [0.15, 0.2) is 60.7 Å². The van der Waals surface area contributed by atoms with E-state index in [0.717, 1.165) is 6.42 Å². The van der Waals surface area contributed by atoms with E-state index in [1.165, 1.54) is 39.4 Å². The quantitative estimate of drug-likeness (QED) is 0.508. The van der Waals surface area contributed by atoms with E-state index in [0.29, 0.717) is 5.92 Å². The topological polar surface area (TPSA) is 0 Å². The minimum absolute atomic E-state index is 0.633. The lowest BCUT2D eigenvalue weighted by atomic mass is 9.92. The first-order chi connectivity index (χ1) is 10.7. The number of aryl methyl sites for hydroxylation is 1. The molecule has 0 N–H and O–H groups in total. The molecule has 0 spiro atoms. The predicted octanol–water partition coefficient (Wildman–Crippen LogP) is 6.58. The van der Waals surface area contributed by atoms with Crippen LogP contribution in [0.25, 0.3) is 21.9 Å². The Balaban J connectivity index is 2.10. The molecule has 1 unspecified atom stereocenters. The Hall–Kier alpha value is -2.08. The summed E-state index contributed by atoms with van der Waals surface area (Å²) in [6, 6.07) is 22.4. The summed E-state index contributed by atoms with van der Waals surface area (Å²) in [5.74, 6) is 0.633. The van der Waals surface area contributed by atoms with Gasteiger partial charge in [0.2, 0.25) is 0 Å². The van der Waals surface area contributed by atoms with Gasteiger partial charge in [0.25, 0.3) is 0 Å². The molecule has 3 aromatic carbocycles. The van der Waals surface area contributed by atoms with E-state index < -0.39 is 0 Å². The number of hydrogen-bond acceptors (Lipinski definition) is 0. The van der Waals surface area contributed by atoms with Crippen molar-refractivity contribution in [1.82, 2.24) is 0 Å². The zero-order valence-corrected chi connectivity index (χ0v) is 13.8. The van der Waals surface area contributed by atoms with Crippen LogP contribution in [0.5, 0.6) is 0 Å². The van der Waals surface area contributed by atoms with Gasteiger partial charge in [0, 0.05) is 0 Å². The highest BCUT2D eigenvalue weighted by Gasteiger charge is 2.08. The van der Waals surface area contributed by atoms with Gasteiger partial charge in [-0.25, -0.2) is 0 Å². The molecule has 0 saturated heterocycles. The van der Waals surface area contributed by atoms with Crippen LogP contribution in [-0.2, 0) is 6.42 Å². The second kappa shape index (κ2) is 6.36. The van der Waals surface area contributed by atoms with Crippen molar-refractivity contribution in [3.63, 3.8) is 0 Å². The SMILES string of the molecule is CCc1ccc(-c2ccc(C(C)CC)cc2)c2ccccc12. The van der Waals surface area contributed by atoms with Crippen molar-refractivity contribution in [2.75, 3.05) is 0 Å². The Morgan fingerprint density at radius 3 is 2.09 bits per heavy atom. The first-order valence-corrected chi connectivity index (χ1v) is 8.35. The van der Waals surface area contributed by atoms with Crippen molar-refractivity contribution in [1.29, 1.82) is 0 Å². The van der Waals surface area contributed by atoms with E-state index in [2.05, 4.69) is 81.4 Å². The minimum atomic E-state index is 0.633. The van der Waals surface area contributed by atoms with Gasteiger partial charge in [-0.3, -0.25) is 0 Å². The average Bonchev–Trinajstić information content (AvgIpc) is 2.60. The van der Waals surface area contributed by atoms with Crippen molar-refractivity contribution < 1.29 is 0 Å². The molecule has 3 aromatic rings. The first kappa shape index (κ1) is 14.8. The summed E-state index contributed by atoms with van der Waals surface area (Å²) in [5, 5.41) is 2.74. The van der Waals surface area contributed by atoms with Gasteiger partial charge in [0.05, 0.1) is 0 Å². The van der Waals surface area contributed by atoms with Crippen LogP contribution in [-0.4, -0.2) is 0 Å². The summed E-state index contributed by atoms with van der Waals surface area (Å²) < 4.78 is 0. The van der Waals surface area contributed by atoms with Crippen molar-refractivity contribution >= 4 is 10.8 Å². The Labute approximate surface area is 133 Å². The fraction of sp³-hybridized carbons (Fsp3) is 0.273. The highest BCUT2D eigenvalue weighted by atomic mass is 14.1. The molecule has 1 atom stereocenters. The second-order valence-electron chi connectivity index (χ2n) is 6.10. The number of rotatable bonds is 4. The Morgan fingerprint density at radius 1 is 0.773 bits per heavy atom. The molecule has 0 aliphatic carbocycles. The monoisotopic (exact) mass is 288 g/mol. The van der Waals surface area contributed by atoms with E-state index in [1.54, 1.807) is 0 Å². The van der Waals surface area contributed by atoms with Crippen LogP contribution in [0.3, 0.4) is 0 Å². The van der Waals surface area contributed by atoms with Crippen LogP contribution in [0.2, 0.25) is 0 Å². The van der Waals surface area contributed by atoms with Gasteiger partial charge in [-0.15, -0.1) is 0 Å². The third kappa shape index (κ3) is 2.66. The summed E-state index contributed by atoms with van der Waals surface area (Å²) in [7, 11) is 0. The fourth-order valence-corrected chi connectivity index (χ4v) is 3.15. The third-order valence-corrected chi connectivity index (χ3v) is 4.80. The second-order valence-corrected chi connectivity index (χ2v) is 6.10. The zero-order valence-electron chi connectivity index (χ0n) is 13.8. The van der Waals surface area contributed by atoms with Gasteiger partial charge in [-0.1, -0.05) is 81.4 Å². The van der Waals surface area contributed by atoms with Gasteiger partial charge >= 0.3 is 0 Å². The molecule has 112 valence electrons. The van der Waals surface area contributed by atoms with Crippen molar-refractivity contribution in [3.05, 3.63) is 71.8 Å². The summed E-state index contributed by atoms with van der Waals surface area (Å²) in [5.41, 5.74) is 5.51. The molecule has 0 bridgehead atoms. The fourth-order valence-electron chi connectivity index (χ4n) is 3.15. The van der Waals surface area contributed by atoms with Gasteiger partial charge in [0.1, 0.15) is 0 Å². The maximum atomic E-state index is 2.29. The van der Waals surface area contributed by atoms with Gasteiger partial charge in [0.15, 0.2) is 0 Å². The number of benzene rings is 3. The van der Waals surface area contributed by atoms with Crippen LogP contribution >= 0.6 is 0 Å². The first-order valence-electron chi connectivity index (χ1n) is 8.35. The van der Waals surface area contributed by atoms with Gasteiger partial charge in [-0.05, 0) is 51.8 Å². The molecular weight excluding hydrogens is 264 g/mol. The summed E-state index contributed by atoms with van der Waals surface area (Å²) in [6.07, 6.45) is 2.27. The van der Waals surface area contributed by atoms with Gasteiger partial charge < -0.3 is 0 Å². The van der Waals surface area contributed by atoms with Crippen LogP contribution < -0.4 is 0 Å². The summed E-state index contributed by atoms with van der Waals surface area (Å²) >= 11 is 0. The normalized spacial score (nSPS) is 12.5. The summed E-state index contributed by atoms with van der Waals surface area (Å²) in [4.78, 5) is 0. The molecule has 0 fully saturated rings. The molecule has 0 nitrogen and oxygen atoms in total. The van der Waals surface area contributed by atoms with Crippen LogP contribution in [0.4, 0.5) is 0 Å². The molecule has 0 amide bonds. The van der Waals surface area contributed by atoms with E-state index in [1.807, 2.05) is 0 Å². The third-order valence-electron chi connectivity index (χ3n) is 4.80. The zero-order chi connectivity index (χ0) is 15.5. The standard InChI is InChI=1S/C22H24/c1-4-16(3)18-10-12-19(13-11-18)21-15-14-17(5-2)20-8-6-7-9-22(20)21/h6-16H,4-5H2,1-3H3. The van der Waals surface area contributed by atoms with Crippen molar-refractivity contribution in [2.24, 2.45) is 0 Å². The van der Waals surface area contributed by atoms with Crippen molar-refractivity contribution in [3.8, 4) is 11.1 Å². The molecule has 0 aliphatic heterocycles. The van der Waals surface area contributed by atoms with E-state index in [9.17, 15) is 0 Å². The Morgan fingerprint density at radius 2 is 1.45 bits per heavy atom. The largest absolute Gasteiger partial charge is 0.0648 e. The minimum Gasteiger partial charge on any atom is -0.0648 e. The van der Waals surface area contributed by atoms with Crippen molar-refractivity contribution in [2.45, 2.75) is 39.5 Å². The van der Waals surface area contributed by atoms with Crippen LogP contribution in [0.1, 0.15) is 44.2 Å². The highest BCUT2D eigenvalue weighted by Crippen LogP contribution is 2.32. The lowest BCUT2D eigenvalue weighted by Crippen LogP contribution is -1.91. The summed E-state index contributed by atoms with van der Waals surface area (Å²) in [6.45, 7) is 6.76. The molecule has 0 aromatic heterocycles. The predicted molar refractivity (Wildman–Crippen MR) is 97.5 cm³/mol. The van der Waals surface area contributed by atoms with E-state index >= 15 is 0 Å². The van der Waals surface area contributed by atoms with E-state index in [4.69, 9.17) is 0 Å². The van der Waals surface area contributed by atoms with Gasteiger partial charge in [-0.2, -0.15) is 0 Å². The molecule has 0 radical (unpaired) electrons. The molecule has 0 heteroatoms. The molecule has 3 rings (SSSR count). The van der Waals surface area contributed by atoms with E-state index in [-0.39, 0.29) is 0 Å². The highest BCUT2D eigenvalue weighted by molar-refractivity contribution is 5.98. The maximum absolute atomic E-state index is 2.29. The molecule has 22 heavy (non-hydrogen) atoms. The molecular formula is C22H24. The average molecular weight is 288 g/mol. The molecule has 0 aliphatic rings. The number of hydrogen-bond donors (Lipinski definition) is 0. The lowest BCUT2D eigenvalue weighted by molar-refractivity contribution is 0.734. The molecule has 0 heterocycles. The lowest BCUT2D eigenvalue weighted by Gasteiger charge is -2.13. The maximum Gasteiger partial charge on any atom is -0.0103 e. The molecule has 0 saturated carbocycles. The number of fused-ring (bicyclic) bond motifs is 1. The smallest absolute Gasteiger partial charge is 0.0103 e. The Bertz CT molecular complexity index is 766. The van der Waals surface area contributed by atoms with Crippen LogP contribution in [0, 0.1) is 0 Å². The Kier molecular flexibility index (Phi) is 4.29.